The first-order valence-electron chi connectivity index (χ1n) is 9.12. The fraction of sp³-hybridized carbons (Fsp3) is 0.350. The van der Waals surface area contributed by atoms with Crippen molar-refractivity contribution in [1.82, 2.24) is 9.80 Å². The Morgan fingerprint density at radius 1 is 1.04 bits per heavy atom. The SMILES string of the molecule is I.NC(=NCC1CN2CCN1CC2)Nc1cccc(Oc2ccccc2)c1. The topological polar surface area (TPSA) is 66.1 Å². The number of halogens is 1. The van der Waals surface area contributed by atoms with Gasteiger partial charge in [-0.2, -0.15) is 0 Å². The van der Waals surface area contributed by atoms with Crippen molar-refractivity contribution in [2.24, 2.45) is 10.7 Å². The smallest absolute Gasteiger partial charge is 0.193 e. The quantitative estimate of drug-likeness (QED) is 0.393. The van der Waals surface area contributed by atoms with Crippen molar-refractivity contribution in [1.29, 1.82) is 0 Å². The van der Waals surface area contributed by atoms with Crippen molar-refractivity contribution in [3.63, 3.8) is 0 Å². The number of hydrogen-bond donors (Lipinski definition) is 2. The minimum atomic E-state index is 0. The summed E-state index contributed by atoms with van der Waals surface area (Å²) < 4.78 is 5.86. The van der Waals surface area contributed by atoms with Gasteiger partial charge in [-0.3, -0.25) is 14.8 Å². The number of piperazine rings is 3. The molecular weight excluding hydrogens is 453 g/mol. The Hall–Kier alpha value is -1.84. The van der Waals surface area contributed by atoms with Crippen LogP contribution < -0.4 is 15.8 Å². The average molecular weight is 479 g/mol. The van der Waals surface area contributed by atoms with E-state index in [1.54, 1.807) is 0 Å². The molecule has 1 atom stereocenters. The number of ether oxygens (including phenoxy) is 1. The molecule has 3 aliphatic heterocycles. The zero-order valence-electron chi connectivity index (χ0n) is 15.3. The first kappa shape index (κ1) is 19.9. The van der Waals surface area contributed by atoms with E-state index in [4.69, 9.17) is 10.5 Å². The molecule has 7 heteroatoms. The van der Waals surface area contributed by atoms with Gasteiger partial charge in [-0.05, 0) is 24.3 Å². The van der Waals surface area contributed by atoms with E-state index in [2.05, 4.69) is 20.1 Å². The van der Waals surface area contributed by atoms with Crippen LogP contribution in [-0.4, -0.2) is 61.1 Å². The zero-order chi connectivity index (χ0) is 17.8. The number of hydrogen-bond acceptors (Lipinski definition) is 4. The van der Waals surface area contributed by atoms with Crippen LogP contribution in [0.25, 0.3) is 0 Å². The van der Waals surface area contributed by atoms with Gasteiger partial charge in [0, 0.05) is 50.5 Å². The Labute approximate surface area is 177 Å². The number of guanidine groups is 1. The van der Waals surface area contributed by atoms with E-state index < -0.39 is 0 Å². The van der Waals surface area contributed by atoms with E-state index >= 15 is 0 Å². The molecular formula is C20H26IN5O. The molecule has 2 aromatic carbocycles. The van der Waals surface area contributed by atoms with Crippen molar-refractivity contribution in [2.75, 3.05) is 44.6 Å². The predicted molar refractivity (Wildman–Crippen MR) is 120 cm³/mol. The van der Waals surface area contributed by atoms with Crippen LogP contribution >= 0.6 is 24.0 Å². The highest BCUT2D eigenvalue weighted by Crippen LogP contribution is 2.23. The Morgan fingerprint density at radius 3 is 2.48 bits per heavy atom. The first-order valence-corrected chi connectivity index (χ1v) is 9.12. The van der Waals surface area contributed by atoms with Gasteiger partial charge in [0.2, 0.25) is 0 Å². The maximum absolute atomic E-state index is 6.09. The monoisotopic (exact) mass is 479 g/mol. The maximum Gasteiger partial charge on any atom is 0.193 e. The summed E-state index contributed by atoms with van der Waals surface area (Å²) in [5.41, 5.74) is 6.96. The van der Waals surface area contributed by atoms with Gasteiger partial charge in [0.05, 0.1) is 6.54 Å². The molecule has 6 nitrogen and oxygen atoms in total. The van der Waals surface area contributed by atoms with Crippen molar-refractivity contribution >= 4 is 35.6 Å². The highest BCUT2D eigenvalue weighted by atomic mass is 127. The maximum atomic E-state index is 6.09. The van der Waals surface area contributed by atoms with E-state index in [0.29, 0.717) is 12.0 Å². The van der Waals surface area contributed by atoms with Crippen LogP contribution in [0.4, 0.5) is 5.69 Å². The highest BCUT2D eigenvalue weighted by molar-refractivity contribution is 14.0. The summed E-state index contributed by atoms with van der Waals surface area (Å²) >= 11 is 0. The predicted octanol–water partition coefficient (Wildman–Crippen LogP) is 2.82. The van der Waals surface area contributed by atoms with Gasteiger partial charge in [0.15, 0.2) is 5.96 Å². The molecule has 1 unspecified atom stereocenters. The second-order valence-corrected chi connectivity index (χ2v) is 6.78. The lowest BCUT2D eigenvalue weighted by atomic mass is 10.1. The van der Waals surface area contributed by atoms with E-state index in [0.717, 1.165) is 43.4 Å². The van der Waals surface area contributed by atoms with Gasteiger partial charge in [-0.15, -0.1) is 24.0 Å². The Kier molecular flexibility index (Phi) is 6.92. The first-order chi connectivity index (χ1) is 12.8. The Balaban J connectivity index is 0.00000210. The number of fused-ring (bicyclic) bond motifs is 3. The number of nitrogens with two attached hydrogens (primary N) is 1. The second kappa shape index (κ2) is 9.38. The molecule has 5 rings (SSSR count). The lowest BCUT2D eigenvalue weighted by molar-refractivity contribution is 0.0174. The van der Waals surface area contributed by atoms with E-state index in [9.17, 15) is 0 Å². The molecule has 0 aliphatic carbocycles. The molecule has 0 radical (unpaired) electrons. The Morgan fingerprint density at radius 2 is 1.78 bits per heavy atom. The van der Waals surface area contributed by atoms with Gasteiger partial charge in [0.1, 0.15) is 11.5 Å². The summed E-state index contributed by atoms with van der Waals surface area (Å²) in [7, 11) is 0. The van der Waals surface area contributed by atoms with E-state index in [1.807, 2.05) is 54.6 Å². The molecule has 0 saturated carbocycles. The second-order valence-electron chi connectivity index (χ2n) is 6.78. The molecule has 0 amide bonds. The molecule has 0 spiro atoms. The fourth-order valence-corrected chi connectivity index (χ4v) is 3.55. The number of nitrogens with zero attached hydrogens (tertiary/aromatic N) is 3. The third kappa shape index (κ3) is 5.33. The van der Waals surface area contributed by atoms with Crippen molar-refractivity contribution < 1.29 is 4.74 Å². The summed E-state index contributed by atoms with van der Waals surface area (Å²) in [5.74, 6) is 2.01. The fourth-order valence-electron chi connectivity index (χ4n) is 3.55. The number of benzene rings is 2. The molecule has 3 heterocycles. The third-order valence-electron chi connectivity index (χ3n) is 4.95. The normalized spacial score (nSPS) is 24.1. The number of aliphatic imine (C=N–C) groups is 1. The third-order valence-corrected chi connectivity index (χ3v) is 4.95. The molecule has 3 aliphatic rings. The highest BCUT2D eigenvalue weighted by Gasteiger charge is 2.31. The van der Waals surface area contributed by atoms with Crippen LogP contribution in [0.15, 0.2) is 59.6 Å². The summed E-state index contributed by atoms with van der Waals surface area (Å²) in [5, 5.41) is 3.17. The summed E-state index contributed by atoms with van der Waals surface area (Å²) in [6.45, 7) is 6.48. The largest absolute Gasteiger partial charge is 0.457 e. The number of para-hydroxylation sites is 1. The molecule has 144 valence electrons. The van der Waals surface area contributed by atoms with Crippen LogP contribution in [0.2, 0.25) is 0 Å². The van der Waals surface area contributed by atoms with Gasteiger partial charge in [-0.25, -0.2) is 0 Å². The van der Waals surface area contributed by atoms with Gasteiger partial charge in [-0.1, -0.05) is 24.3 Å². The summed E-state index contributed by atoms with van der Waals surface area (Å²) in [6.07, 6.45) is 0. The zero-order valence-corrected chi connectivity index (χ0v) is 17.6. The van der Waals surface area contributed by atoms with Crippen molar-refractivity contribution in [3.8, 4) is 11.5 Å². The number of nitrogens with one attached hydrogen (secondary N) is 1. The number of rotatable bonds is 5. The summed E-state index contributed by atoms with van der Waals surface area (Å²) in [4.78, 5) is 9.58. The van der Waals surface area contributed by atoms with Crippen LogP contribution in [0.3, 0.4) is 0 Å². The number of anilines is 1. The van der Waals surface area contributed by atoms with Crippen LogP contribution in [-0.2, 0) is 0 Å². The molecule has 3 saturated heterocycles. The van der Waals surface area contributed by atoms with Crippen molar-refractivity contribution in [3.05, 3.63) is 54.6 Å². The van der Waals surface area contributed by atoms with Crippen molar-refractivity contribution in [2.45, 2.75) is 6.04 Å². The minimum Gasteiger partial charge on any atom is -0.457 e. The Bertz CT molecular complexity index is 762. The van der Waals surface area contributed by atoms with Crippen LogP contribution in [0.1, 0.15) is 0 Å². The van der Waals surface area contributed by atoms with Crippen LogP contribution in [0, 0.1) is 0 Å². The van der Waals surface area contributed by atoms with E-state index in [-0.39, 0.29) is 24.0 Å². The van der Waals surface area contributed by atoms with E-state index in [1.165, 1.54) is 13.1 Å². The lowest BCUT2D eigenvalue weighted by Gasteiger charge is -2.47. The summed E-state index contributed by atoms with van der Waals surface area (Å²) in [6, 6.07) is 17.9. The molecule has 0 aromatic heterocycles. The molecule has 3 fully saturated rings. The minimum absolute atomic E-state index is 0. The van der Waals surface area contributed by atoms with Gasteiger partial charge in [0.25, 0.3) is 0 Å². The molecule has 2 aromatic rings. The molecule has 27 heavy (non-hydrogen) atoms. The van der Waals surface area contributed by atoms with Gasteiger partial charge >= 0.3 is 0 Å². The van der Waals surface area contributed by atoms with Crippen LogP contribution in [0.5, 0.6) is 11.5 Å². The average Bonchev–Trinajstić information content (AvgIpc) is 2.68. The van der Waals surface area contributed by atoms with Gasteiger partial charge < -0.3 is 15.8 Å². The molecule has 2 bridgehead atoms. The molecule has 3 N–H and O–H groups in total. The lowest BCUT2D eigenvalue weighted by Crippen LogP contribution is -2.61. The standard InChI is InChI=1S/C20H25N5O.HI/c21-20(22-14-17-15-24-9-11-25(17)12-10-24)23-16-5-4-8-19(13-16)26-18-6-2-1-3-7-18;/h1-8,13,17H,9-12,14-15H2,(H3,21,22,23);1H.